The molecule has 0 saturated carbocycles. The minimum Gasteiger partial charge on any atom is -0.493 e. The van der Waals surface area contributed by atoms with Crippen LogP contribution in [0.2, 0.25) is 0 Å². The van der Waals surface area contributed by atoms with Crippen molar-refractivity contribution >= 4 is 38.9 Å². The van der Waals surface area contributed by atoms with Gasteiger partial charge < -0.3 is 20.1 Å². The number of rotatable bonds is 9. The van der Waals surface area contributed by atoms with E-state index in [1.807, 2.05) is 54.6 Å². The van der Waals surface area contributed by atoms with Gasteiger partial charge in [0.05, 0.1) is 32.1 Å². The van der Waals surface area contributed by atoms with E-state index in [1.54, 1.807) is 23.9 Å². The number of hydrogen-bond acceptors (Lipinski definition) is 7. The maximum atomic E-state index is 12.6. The van der Waals surface area contributed by atoms with Crippen LogP contribution in [0, 0.1) is 0 Å². The summed E-state index contributed by atoms with van der Waals surface area (Å²) in [6, 6.07) is 20.5. The number of para-hydroxylation sites is 1. The van der Waals surface area contributed by atoms with Crippen LogP contribution in [0.25, 0.3) is 0 Å². The molecule has 168 valence electrons. The first-order valence-corrected chi connectivity index (χ1v) is 12.3. The van der Waals surface area contributed by atoms with Crippen molar-refractivity contribution in [2.75, 3.05) is 37.7 Å². The van der Waals surface area contributed by atoms with E-state index >= 15 is 0 Å². The van der Waals surface area contributed by atoms with E-state index in [0.717, 1.165) is 16.0 Å². The van der Waals surface area contributed by atoms with E-state index in [2.05, 4.69) is 10.6 Å². The number of ether oxygens (including phenoxy) is 2. The molecule has 0 bridgehead atoms. The van der Waals surface area contributed by atoms with Crippen LogP contribution in [-0.2, 0) is 14.6 Å². The van der Waals surface area contributed by atoms with Gasteiger partial charge in [0.1, 0.15) is 4.90 Å². The zero-order valence-electron chi connectivity index (χ0n) is 17.9. The fourth-order valence-corrected chi connectivity index (χ4v) is 5.03. The number of benzene rings is 3. The van der Waals surface area contributed by atoms with Gasteiger partial charge in [-0.25, -0.2) is 8.42 Å². The maximum absolute atomic E-state index is 12.6. The maximum Gasteiger partial charge on any atom is 0.243 e. The molecule has 1 amide bonds. The summed E-state index contributed by atoms with van der Waals surface area (Å²) in [7, 11) is -0.868. The minimum absolute atomic E-state index is 0.0628. The molecule has 0 aliphatic rings. The summed E-state index contributed by atoms with van der Waals surface area (Å²) < 4.78 is 35.2. The minimum atomic E-state index is -3.66. The van der Waals surface area contributed by atoms with Crippen LogP contribution in [0.5, 0.6) is 11.5 Å². The number of nitrogens with one attached hydrogen (secondary N) is 2. The molecular formula is C23H24N2O5S2. The lowest BCUT2D eigenvalue weighted by Crippen LogP contribution is -2.23. The third kappa shape index (κ3) is 5.74. The molecule has 0 aliphatic carbocycles. The predicted molar refractivity (Wildman–Crippen MR) is 127 cm³/mol. The van der Waals surface area contributed by atoms with Gasteiger partial charge in [-0.15, -0.1) is 0 Å². The zero-order chi connectivity index (χ0) is 23.1. The Bertz CT molecular complexity index is 1200. The van der Waals surface area contributed by atoms with Gasteiger partial charge in [0.2, 0.25) is 5.91 Å². The summed E-state index contributed by atoms with van der Waals surface area (Å²) >= 11 is 1.54. The Morgan fingerprint density at radius 3 is 2.25 bits per heavy atom. The van der Waals surface area contributed by atoms with Crippen LogP contribution in [0.1, 0.15) is 0 Å². The van der Waals surface area contributed by atoms with Gasteiger partial charge in [-0.2, -0.15) is 0 Å². The van der Waals surface area contributed by atoms with Crippen LogP contribution < -0.4 is 20.1 Å². The highest BCUT2D eigenvalue weighted by atomic mass is 32.2. The Balaban J connectivity index is 1.77. The van der Waals surface area contributed by atoms with E-state index in [-0.39, 0.29) is 34.5 Å². The van der Waals surface area contributed by atoms with E-state index in [0.29, 0.717) is 5.69 Å². The molecule has 0 aromatic heterocycles. The SMILES string of the molecule is COc1ccc(NCC(=O)Nc2ccccc2Sc2ccccc2)c(S(C)(=O)=O)c1OC. The molecule has 3 aromatic rings. The second-order valence-electron chi connectivity index (χ2n) is 6.76. The Morgan fingerprint density at radius 2 is 1.59 bits per heavy atom. The fraction of sp³-hybridized carbons (Fsp3) is 0.174. The largest absolute Gasteiger partial charge is 0.493 e. The molecule has 0 saturated heterocycles. The van der Waals surface area contributed by atoms with Crippen LogP contribution in [0.4, 0.5) is 11.4 Å². The highest BCUT2D eigenvalue weighted by Crippen LogP contribution is 2.39. The third-order valence-electron chi connectivity index (χ3n) is 4.44. The van der Waals surface area contributed by atoms with Crippen molar-refractivity contribution < 1.29 is 22.7 Å². The monoisotopic (exact) mass is 472 g/mol. The van der Waals surface area contributed by atoms with E-state index in [1.165, 1.54) is 14.2 Å². The second kappa shape index (κ2) is 10.4. The van der Waals surface area contributed by atoms with Gasteiger partial charge in [0.25, 0.3) is 0 Å². The van der Waals surface area contributed by atoms with Crippen molar-refractivity contribution in [3.05, 3.63) is 66.7 Å². The van der Waals surface area contributed by atoms with E-state index in [4.69, 9.17) is 9.47 Å². The molecule has 3 rings (SSSR count). The normalized spacial score (nSPS) is 11.0. The lowest BCUT2D eigenvalue weighted by Gasteiger charge is -2.17. The van der Waals surface area contributed by atoms with Gasteiger partial charge in [-0.05, 0) is 36.4 Å². The Morgan fingerprint density at radius 1 is 0.906 bits per heavy atom. The predicted octanol–water partition coefficient (Wildman–Crippen LogP) is 4.31. The molecule has 0 radical (unpaired) electrons. The fourth-order valence-electron chi connectivity index (χ4n) is 3.05. The summed E-state index contributed by atoms with van der Waals surface area (Å²) in [5.74, 6) is 0.0557. The number of methoxy groups -OCH3 is 2. The summed E-state index contributed by atoms with van der Waals surface area (Å²) in [5.41, 5.74) is 0.927. The zero-order valence-corrected chi connectivity index (χ0v) is 19.5. The number of carbonyl (C=O) groups excluding carboxylic acids is 1. The Hall–Kier alpha value is -3.17. The van der Waals surface area contributed by atoms with Crippen LogP contribution in [0.15, 0.2) is 81.4 Å². The first-order valence-electron chi connectivity index (χ1n) is 9.64. The number of carbonyl (C=O) groups is 1. The topological polar surface area (TPSA) is 93.7 Å². The number of hydrogen-bond donors (Lipinski definition) is 2. The molecule has 0 heterocycles. The molecular weight excluding hydrogens is 448 g/mol. The van der Waals surface area contributed by atoms with Gasteiger partial charge in [-0.3, -0.25) is 4.79 Å². The smallest absolute Gasteiger partial charge is 0.243 e. The molecule has 0 spiro atoms. The van der Waals surface area contributed by atoms with Crippen molar-refractivity contribution in [1.29, 1.82) is 0 Å². The standard InChI is InChI=1S/C23H24N2O5S2/c1-29-19-14-13-18(23(22(19)30-2)32(3,27)28)24-15-21(26)25-17-11-7-8-12-20(17)31-16-9-5-4-6-10-16/h4-14,24H,15H2,1-3H3,(H,25,26). The third-order valence-corrected chi connectivity index (χ3v) is 6.67. The summed E-state index contributed by atoms with van der Waals surface area (Å²) in [6.45, 7) is -0.137. The Labute approximate surface area is 192 Å². The highest BCUT2D eigenvalue weighted by Gasteiger charge is 2.23. The lowest BCUT2D eigenvalue weighted by atomic mass is 10.2. The second-order valence-corrected chi connectivity index (χ2v) is 9.83. The lowest BCUT2D eigenvalue weighted by molar-refractivity contribution is -0.114. The van der Waals surface area contributed by atoms with E-state index < -0.39 is 9.84 Å². The van der Waals surface area contributed by atoms with Crippen LogP contribution in [-0.4, -0.2) is 41.3 Å². The molecule has 0 unspecified atom stereocenters. The molecule has 2 N–H and O–H groups in total. The van der Waals surface area contributed by atoms with Gasteiger partial charge in [0, 0.05) is 16.0 Å². The molecule has 0 atom stereocenters. The Kier molecular flexibility index (Phi) is 7.66. The van der Waals surface area contributed by atoms with Crippen molar-refractivity contribution in [3.8, 4) is 11.5 Å². The number of anilines is 2. The van der Waals surface area contributed by atoms with Crippen molar-refractivity contribution in [2.24, 2.45) is 0 Å². The van der Waals surface area contributed by atoms with E-state index in [9.17, 15) is 13.2 Å². The van der Waals surface area contributed by atoms with Gasteiger partial charge in [-0.1, -0.05) is 42.1 Å². The number of amides is 1. The summed E-state index contributed by atoms with van der Waals surface area (Å²) in [5, 5.41) is 5.78. The average Bonchev–Trinajstić information content (AvgIpc) is 2.78. The van der Waals surface area contributed by atoms with Crippen molar-refractivity contribution in [1.82, 2.24) is 0 Å². The van der Waals surface area contributed by atoms with Gasteiger partial charge in [0.15, 0.2) is 21.3 Å². The molecule has 0 aliphatic heterocycles. The van der Waals surface area contributed by atoms with Crippen LogP contribution in [0.3, 0.4) is 0 Å². The molecule has 3 aromatic carbocycles. The van der Waals surface area contributed by atoms with Gasteiger partial charge >= 0.3 is 0 Å². The van der Waals surface area contributed by atoms with Crippen molar-refractivity contribution in [3.63, 3.8) is 0 Å². The molecule has 32 heavy (non-hydrogen) atoms. The first kappa shape index (κ1) is 23.5. The molecule has 0 fully saturated rings. The number of sulfone groups is 1. The van der Waals surface area contributed by atoms with Crippen molar-refractivity contribution in [2.45, 2.75) is 14.7 Å². The summed E-state index contributed by atoms with van der Waals surface area (Å²) in [4.78, 5) is 14.5. The average molecular weight is 473 g/mol. The first-order chi connectivity index (χ1) is 15.3. The highest BCUT2D eigenvalue weighted by molar-refractivity contribution is 7.99. The quantitative estimate of drug-likeness (QED) is 0.479. The summed E-state index contributed by atoms with van der Waals surface area (Å²) in [6.07, 6.45) is 1.08. The van der Waals surface area contributed by atoms with Crippen LogP contribution >= 0.6 is 11.8 Å². The molecule has 9 heteroatoms. The molecule has 7 nitrogen and oxygen atoms in total.